The van der Waals surface area contributed by atoms with Crippen LogP contribution in [0.3, 0.4) is 0 Å². The quantitative estimate of drug-likeness (QED) is 0.216. The number of rotatable bonds is 0. The summed E-state index contributed by atoms with van der Waals surface area (Å²) in [6, 6.07) is -1.44. The molecule has 1 atom stereocenters. The smallest absolute Gasteiger partial charge is 0.345 e. The van der Waals surface area contributed by atoms with E-state index in [1.165, 1.54) is 12.2 Å². The van der Waals surface area contributed by atoms with Crippen LogP contribution in [0.15, 0.2) is 12.2 Å². The first kappa shape index (κ1) is 17.6. The van der Waals surface area contributed by atoms with Crippen LogP contribution in [-0.2, 0) is 0 Å². The minimum Gasteiger partial charge on any atom is -0.419 e. The van der Waals surface area contributed by atoms with E-state index in [0.29, 0.717) is 0 Å². The van der Waals surface area contributed by atoms with Crippen LogP contribution in [-0.4, -0.2) is 53.3 Å². The van der Waals surface area contributed by atoms with Crippen LogP contribution in [0.1, 0.15) is 12.8 Å². The average molecular weight is 405 g/mol. The molecule has 0 saturated heterocycles. The molecule has 1 unspecified atom stereocenters. The second kappa shape index (κ2) is 5.59. The number of aliphatic hydroxyl groups is 4. The Morgan fingerprint density at radius 1 is 1.15 bits per heavy atom. The molecular formula is C14H11Cl2FN4O5. The molecule has 0 aliphatic carbocycles. The first-order valence-electron chi connectivity index (χ1n) is 7.37. The molecule has 2 aliphatic heterocycles. The van der Waals surface area contributed by atoms with Crippen molar-refractivity contribution in [3.63, 3.8) is 0 Å². The molecule has 0 spiro atoms. The molecule has 4 rings (SSSR count). The van der Waals surface area contributed by atoms with E-state index in [-0.39, 0.29) is 24.0 Å². The van der Waals surface area contributed by atoms with Crippen LogP contribution < -0.4 is 9.64 Å². The highest BCUT2D eigenvalue weighted by atomic mass is 35.5. The number of nitrogens with zero attached hydrogens (tertiary/aromatic N) is 4. The van der Waals surface area contributed by atoms with Crippen molar-refractivity contribution in [2.75, 3.05) is 4.90 Å². The predicted octanol–water partition coefficient (Wildman–Crippen LogP) is 0.665. The Morgan fingerprint density at radius 2 is 1.88 bits per heavy atom. The Balaban J connectivity index is 2.14. The lowest BCUT2D eigenvalue weighted by Crippen LogP contribution is -2.63. The van der Waals surface area contributed by atoms with Crippen molar-refractivity contribution in [1.82, 2.24) is 15.0 Å². The van der Waals surface area contributed by atoms with Gasteiger partial charge in [0.1, 0.15) is 16.9 Å². The number of ether oxygens (including phenoxy) is 1. The molecule has 26 heavy (non-hydrogen) atoms. The standard InChI is InChI=1S/C14H11Cl2FN4O5/c15-9-7(17)8-6-10(20-12(16)18-8)21-5(3-1-2-4-13(21,22)23)14(24,25)26-11(6)19-9/h1-2,5,22-25H,3-4H2. The zero-order valence-corrected chi connectivity index (χ0v) is 14.3. The van der Waals surface area contributed by atoms with Gasteiger partial charge in [-0.15, -0.1) is 0 Å². The fraction of sp³-hybridized carbons (Fsp3) is 0.357. The fourth-order valence-electron chi connectivity index (χ4n) is 3.09. The molecule has 0 amide bonds. The molecule has 2 aromatic rings. The minimum atomic E-state index is -2.94. The van der Waals surface area contributed by atoms with E-state index < -0.39 is 45.6 Å². The van der Waals surface area contributed by atoms with Crippen LogP contribution in [0.4, 0.5) is 10.2 Å². The van der Waals surface area contributed by atoms with Crippen molar-refractivity contribution >= 4 is 39.9 Å². The molecule has 138 valence electrons. The van der Waals surface area contributed by atoms with Gasteiger partial charge in [0.25, 0.3) is 5.91 Å². The van der Waals surface area contributed by atoms with Crippen LogP contribution in [0.25, 0.3) is 10.9 Å². The van der Waals surface area contributed by atoms with E-state index in [2.05, 4.69) is 15.0 Å². The zero-order valence-electron chi connectivity index (χ0n) is 12.8. The monoisotopic (exact) mass is 404 g/mol. The molecule has 2 aliphatic rings. The zero-order chi connectivity index (χ0) is 18.9. The van der Waals surface area contributed by atoms with Gasteiger partial charge in [0.05, 0.1) is 0 Å². The first-order valence-corrected chi connectivity index (χ1v) is 8.12. The largest absolute Gasteiger partial charge is 0.419 e. The van der Waals surface area contributed by atoms with Gasteiger partial charge >= 0.3 is 5.97 Å². The molecule has 0 bridgehead atoms. The van der Waals surface area contributed by atoms with Gasteiger partial charge in [-0.05, 0) is 18.0 Å². The molecule has 4 N–H and O–H groups in total. The molecule has 0 aromatic carbocycles. The van der Waals surface area contributed by atoms with Crippen molar-refractivity contribution < 1.29 is 29.6 Å². The number of hydrogen-bond acceptors (Lipinski definition) is 9. The van der Waals surface area contributed by atoms with Crippen molar-refractivity contribution in [1.29, 1.82) is 0 Å². The predicted molar refractivity (Wildman–Crippen MR) is 86.9 cm³/mol. The third kappa shape index (κ3) is 2.49. The summed E-state index contributed by atoms with van der Waals surface area (Å²) in [5.74, 6) is -7.38. The van der Waals surface area contributed by atoms with Gasteiger partial charge in [-0.25, -0.2) is 9.37 Å². The third-order valence-corrected chi connectivity index (χ3v) is 4.61. The SMILES string of the molecule is OC1(O)Oc2nc(Cl)c(F)c3nc(Cl)nc(c23)N2C1CC=CCC2(O)O. The lowest BCUT2D eigenvalue weighted by Gasteiger charge is -2.42. The molecule has 2 aromatic heterocycles. The summed E-state index contributed by atoms with van der Waals surface area (Å²) in [5.41, 5.74) is -0.417. The molecule has 9 nitrogen and oxygen atoms in total. The van der Waals surface area contributed by atoms with Crippen molar-refractivity contribution in [2.24, 2.45) is 0 Å². The topological polar surface area (TPSA) is 132 Å². The van der Waals surface area contributed by atoms with Gasteiger partial charge in [0, 0.05) is 6.42 Å². The maximum Gasteiger partial charge on any atom is 0.345 e. The number of fused-ring (bicyclic) bond motifs is 2. The van der Waals surface area contributed by atoms with Gasteiger partial charge < -0.3 is 25.2 Å². The molecule has 12 heteroatoms. The molecule has 0 saturated carbocycles. The van der Waals surface area contributed by atoms with E-state index >= 15 is 0 Å². The highest BCUT2D eigenvalue weighted by Gasteiger charge is 2.53. The third-order valence-electron chi connectivity index (χ3n) is 4.19. The summed E-state index contributed by atoms with van der Waals surface area (Å²) in [5, 5.41) is 40.6. The minimum absolute atomic E-state index is 0.0663. The maximum absolute atomic E-state index is 14.4. The van der Waals surface area contributed by atoms with Gasteiger partial charge in [-0.3, -0.25) is 4.90 Å². The van der Waals surface area contributed by atoms with Crippen LogP contribution >= 0.6 is 23.2 Å². The maximum atomic E-state index is 14.4. The van der Waals surface area contributed by atoms with Crippen molar-refractivity contribution in [3.05, 3.63) is 28.4 Å². The van der Waals surface area contributed by atoms with Crippen LogP contribution in [0.5, 0.6) is 5.88 Å². The lowest BCUT2D eigenvalue weighted by molar-refractivity contribution is -0.313. The summed E-state index contributed by atoms with van der Waals surface area (Å²) in [6.07, 6.45) is 2.57. The number of pyridine rings is 1. The number of hydrogen-bond donors (Lipinski definition) is 4. The molecule has 0 fully saturated rings. The Bertz CT molecular complexity index is 955. The second-order valence-corrected chi connectivity index (χ2v) is 6.59. The van der Waals surface area contributed by atoms with E-state index in [0.717, 1.165) is 4.90 Å². The van der Waals surface area contributed by atoms with Gasteiger partial charge in [-0.1, -0.05) is 23.8 Å². The Hall–Kier alpha value is -1.82. The van der Waals surface area contributed by atoms with Crippen LogP contribution in [0, 0.1) is 5.82 Å². The van der Waals surface area contributed by atoms with E-state index in [4.69, 9.17) is 27.9 Å². The first-order chi connectivity index (χ1) is 12.1. The van der Waals surface area contributed by atoms with Crippen molar-refractivity contribution in [3.8, 4) is 5.88 Å². The van der Waals surface area contributed by atoms with E-state index in [9.17, 15) is 24.8 Å². The summed E-state index contributed by atoms with van der Waals surface area (Å²) < 4.78 is 19.6. The Kier molecular flexibility index (Phi) is 3.78. The highest BCUT2D eigenvalue weighted by Crippen LogP contribution is 2.45. The van der Waals surface area contributed by atoms with E-state index in [1.54, 1.807) is 0 Å². The molecule has 4 heterocycles. The number of aromatic nitrogens is 3. The summed E-state index contributed by atoms with van der Waals surface area (Å²) >= 11 is 11.6. The van der Waals surface area contributed by atoms with E-state index in [1.807, 2.05) is 0 Å². The molecular weight excluding hydrogens is 394 g/mol. The normalized spacial score (nSPS) is 23.2. The summed E-state index contributed by atoms with van der Waals surface area (Å²) in [4.78, 5) is 12.1. The Labute approximate surface area is 154 Å². The number of halogens is 3. The van der Waals surface area contributed by atoms with Gasteiger partial charge in [0.15, 0.2) is 16.8 Å². The highest BCUT2D eigenvalue weighted by molar-refractivity contribution is 6.31. The summed E-state index contributed by atoms with van der Waals surface area (Å²) in [6.45, 7) is 0. The van der Waals surface area contributed by atoms with Gasteiger partial charge in [0.2, 0.25) is 11.2 Å². The lowest BCUT2D eigenvalue weighted by atomic mass is 10.1. The summed E-state index contributed by atoms with van der Waals surface area (Å²) in [7, 11) is 0. The average Bonchev–Trinajstić information content (AvgIpc) is 2.74. The second-order valence-electron chi connectivity index (χ2n) is 5.89. The Morgan fingerprint density at radius 3 is 2.62 bits per heavy atom. The molecule has 0 radical (unpaired) electrons. The van der Waals surface area contributed by atoms with Crippen LogP contribution in [0.2, 0.25) is 10.4 Å². The van der Waals surface area contributed by atoms with Gasteiger partial charge in [-0.2, -0.15) is 9.97 Å². The fourth-order valence-corrected chi connectivity index (χ4v) is 3.42. The van der Waals surface area contributed by atoms with Crippen molar-refractivity contribution in [2.45, 2.75) is 30.8 Å². The number of anilines is 1.